The Bertz CT molecular complexity index is 947. The Balaban J connectivity index is 1.53. The van der Waals surface area contributed by atoms with Crippen LogP contribution in [0.15, 0.2) is 34.7 Å². The highest BCUT2D eigenvalue weighted by Crippen LogP contribution is 2.41. The first-order chi connectivity index (χ1) is 14.8. The molecule has 31 heavy (non-hydrogen) atoms. The second kappa shape index (κ2) is 8.83. The van der Waals surface area contributed by atoms with E-state index in [1.54, 1.807) is 25.1 Å². The summed E-state index contributed by atoms with van der Waals surface area (Å²) in [7, 11) is 2.06. The van der Waals surface area contributed by atoms with Gasteiger partial charge in [0.1, 0.15) is 17.3 Å². The van der Waals surface area contributed by atoms with Gasteiger partial charge in [-0.05, 0) is 63.4 Å². The highest BCUT2D eigenvalue weighted by atomic mass is 19.1. The lowest BCUT2D eigenvalue weighted by Gasteiger charge is -2.35. The minimum atomic E-state index is -0.292. The van der Waals surface area contributed by atoms with Crippen LogP contribution >= 0.6 is 0 Å². The van der Waals surface area contributed by atoms with Gasteiger partial charge in [-0.25, -0.2) is 4.39 Å². The van der Waals surface area contributed by atoms with Crippen LogP contribution in [0.1, 0.15) is 46.2 Å². The molecule has 6 nitrogen and oxygen atoms in total. The average molecular weight is 428 g/mol. The van der Waals surface area contributed by atoms with Gasteiger partial charge >= 0.3 is 0 Å². The predicted molar refractivity (Wildman–Crippen MR) is 115 cm³/mol. The van der Waals surface area contributed by atoms with Crippen LogP contribution in [0.2, 0.25) is 0 Å². The summed E-state index contributed by atoms with van der Waals surface area (Å²) in [5.74, 6) is 0.671. The van der Waals surface area contributed by atoms with Crippen LogP contribution in [0.5, 0.6) is 0 Å². The molecule has 1 saturated carbocycles. The standard InChI is InChI=1S/C24H30FN3O3/c1-15-12-20(16(2)31-15)23(29)26-19-13-21(17-4-6-18(25)7-5-17)22(14-19)24(30)28-10-8-27(3)9-11-28/h4-7,12,19,21-22H,8-11,13-14H2,1-3H3,(H,26,29)/t19-,21+,22-/m0/s1. The Morgan fingerprint density at radius 1 is 1.06 bits per heavy atom. The minimum Gasteiger partial charge on any atom is -0.466 e. The van der Waals surface area contributed by atoms with Crippen molar-refractivity contribution in [1.82, 2.24) is 15.1 Å². The highest BCUT2D eigenvalue weighted by Gasteiger charge is 2.42. The number of nitrogens with one attached hydrogen (secondary N) is 1. The number of rotatable bonds is 4. The van der Waals surface area contributed by atoms with E-state index in [0.717, 1.165) is 18.7 Å². The van der Waals surface area contributed by atoms with Crippen LogP contribution in [-0.4, -0.2) is 60.9 Å². The first-order valence-electron chi connectivity index (χ1n) is 10.9. The maximum atomic E-state index is 13.5. The van der Waals surface area contributed by atoms with Crippen LogP contribution in [0.25, 0.3) is 0 Å². The van der Waals surface area contributed by atoms with Crippen molar-refractivity contribution >= 4 is 11.8 Å². The summed E-state index contributed by atoms with van der Waals surface area (Å²) >= 11 is 0. The predicted octanol–water partition coefficient (Wildman–Crippen LogP) is 3.10. The zero-order valence-electron chi connectivity index (χ0n) is 18.4. The number of carbonyl (C=O) groups excluding carboxylic acids is 2. The number of carbonyl (C=O) groups is 2. The largest absolute Gasteiger partial charge is 0.466 e. The van der Waals surface area contributed by atoms with Crippen molar-refractivity contribution in [3.05, 3.63) is 58.8 Å². The van der Waals surface area contributed by atoms with E-state index in [-0.39, 0.29) is 35.5 Å². The second-order valence-corrected chi connectivity index (χ2v) is 8.86. The molecule has 2 aromatic rings. The Morgan fingerprint density at radius 2 is 1.74 bits per heavy atom. The van der Waals surface area contributed by atoms with Gasteiger partial charge in [0, 0.05) is 38.1 Å². The third-order valence-electron chi connectivity index (χ3n) is 6.61. The summed E-state index contributed by atoms with van der Waals surface area (Å²) in [6.07, 6.45) is 1.23. The molecule has 7 heteroatoms. The molecule has 2 aliphatic rings. The van der Waals surface area contributed by atoms with Crippen molar-refractivity contribution < 1.29 is 18.4 Å². The van der Waals surface area contributed by atoms with Gasteiger partial charge < -0.3 is 19.5 Å². The summed E-state index contributed by atoms with van der Waals surface area (Å²) in [5.41, 5.74) is 1.48. The number of nitrogens with zero attached hydrogens (tertiary/aromatic N) is 2. The topological polar surface area (TPSA) is 65.8 Å². The fraction of sp³-hybridized carbons (Fsp3) is 0.500. The molecule has 1 aromatic carbocycles. The van der Waals surface area contributed by atoms with Crippen molar-refractivity contribution in [2.75, 3.05) is 33.2 Å². The van der Waals surface area contributed by atoms with E-state index >= 15 is 0 Å². The van der Waals surface area contributed by atoms with E-state index in [1.165, 1.54) is 12.1 Å². The van der Waals surface area contributed by atoms with Crippen molar-refractivity contribution in [3.63, 3.8) is 0 Å². The summed E-state index contributed by atoms with van der Waals surface area (Å²) in [5, 5.41) is 3.10. The summed E-state index contributed by atoms with van der Waals surface area (Å²) in [6, 6.07) is 8.02. The third kappa shape index (κ3) is 4.66. The van der Waals surface area contributed by atoms with E-state index in [4.69, 9.17) is 4.42 Å². The summed E-state index contributed by atoms with van der Waals surface area (Å²) < 4.78 is 19.0. The van der Waals surface area contributed by atoms with Crippen LogP contribution < -0.4 is 5.32 Å². The van der Waals surface area contributed by atoms with Crippen molar-refractivity contribution in [1.29, 1.82) is 0 Å². The number of amides is 2. The molecule has 1 N–H and O–H groups in total. The van der Waals surface area contributed by atoms with Gasteiger partial charge in [0.15, 0.2) is 0 Å². The number of halogens is 1. The lowest BCUT2D eigenvalue weighted by atomic mass is 9.87. The lowest BCUT2D eigenvalue weighted by Crippen LogP contribution is -2.49. The van der Waals surface area contributed by atoms with Crippen LogP contribution in [0.3, 0.4) is 0 Å². The monoisotopic (exact) mass is 427 g/mol. The van der Waals surface area contributed by atoms with Crippen LogP contribution in [0, 0.1) is 25.6 Å². The van der Waals surface area contributed by atoms with E-state index < -0.39 is 0 Å². The van der Waals surface area contributed by atoms with Crippen molar-refractivity contribution in [2.45, 2.75) is 38.6 Å². The molecule has 0 bridgehead atoms. The van der Waals surface area contributed by atoms with Gasteiger partial charge in [-0.1, -0.05) is 12.1 Å². The SMILES string of the molecule is Cc1cc(C(=O)N[C@@H]2C[C@H](C(=O)N3CCN(C)CC3)[C@@H](c3ccc(F)cc3)C2)c(C)o1. The number of furan rings is 1. The van der Waals surface area contributed by atoms with Gasteiger partial charge in [-0.3, -0.25) is 9.59 Å². The summed E-state index contributed by atoms with van der Waals surface area (Å²) in [6.45, 7) is 6.74. The molecule has 3 atom stereocenters. The Kier molecular flexibility index (Phi) is 6.14. The first kappa shape index (κ1) is 21.6. The molecule has 0 radical (unpaired) electrons. The smallest absolute Gasteiger partial charge is 0.255 e. The third-order valence-corrected chi connectivity index (χ3v) is 6.61. The second-order valence-electron chi connectivity index (χ2n) is 8.86. The van der Waals surface area contributed by atoms with Gasteiger partial charge in [-0.15, -0.1) is 0 Å². The molecule has 2 fully saturated rings. The molecular weight excluding hydrogens is 397 g/mol. The number of hydrogen-bond acceptors (Lipinski definition) is 4. The molecule has 166 valence electrons. The van der Waals surface area contributed by atoms with E-state index in [1.807, 2.05) is 11.8 Å². The molecule has 1 aliphatic heterocycles. The normalized spacial score (nSPS) is 24.4. The van der Waals surface area contributed by atoms with Crippen molar-refractivity contribution in [3.8, 4) is 0 Å². The van der Waals surface area contributed by atoms with E-state index in [2.05, 4.69) is 17.3 Å². The van der Waals surface area contributed by atoms with Gasteiger partial charge in [0.25, 0.3) is 5.91 Å². The Labute approximate surface area is 182 Å². The highest BCUT2D eigenvalue weighted by molar-refractivity contribution is 5.95. The quantitative estimate of drug-likeness (QED) is 0.814. The number of aryl methyl sites for hydroxylation is 2. The number of piperazine rings is 1. The van der Waals surface area contributed by atoms with Gasteiger partial charge in [0.05, 0.1) is 5.56 Å². The Morgan fingerprint density at radius 3 is 2.35 bits per heavy atom. The average Bonchev–Trinajstić information content (AvgIpc) is 3.31. The minimum absolute atomic E-state index is 0.0507. The molecule has 4 rings (SSSR count). The van der Waals surface area contributed by atoms with E-state index in [9.17, 15) is 14.0 Å². The molecule has 2 amide bonds. The van der Waals surface area contributed by atoms with Crippen LogP contribution in [-0.2, 0) is 4.79 Å². The molecule has 0 spiro atoms. The van der Waals surface area contributed by atoms with E-state index in [0.29, 0.717) is 43.0 Å². The van der Waals surface area contributed by atoms with Crippen LogP contribution in [0.4, 0.5) is 4.39 Å². The molecule has 1 saturated heterocycles. The molecular formula is C24H30FN3O3. The number of benzene rings is 1. The number of likely N-dealkylation sites (N-methyl/N-ethyl adjacent to an activating group) is 1. The maximum absolute atomic E-state index is 13.5. The zero-order chi connectivity index (χ0) is 22.1. The lowest BCUT2D eigenvalue weighted by molar-refractivity contribution is -0.137. The molecule has 0 unspecified atom stereocenters. The summed E-state index contributed by atoms with van der Waals surface area (Å²) in [4.78, 5) is 30.4. The van der Waals surface area contributed by atoms with Gasteiger partial charge in [-0.2, -0.15) is 0 Å². The maximum Gasteiger partial charge on any atom is 0.255 e. The number of hydrogen-bond donors (Lipinski definition) is 1. The molecule has 1 aliphatic carbocycles. The fourth-order valence-corrected chi connectivity index (χ4v) is 4.89. The molecule has 1 aromatic heterocycles. The van der Waals surface area contributed by atoms with Gasteiger partial charge in [0.2, 0.25) is 5.91 Å². The first-order valence-corrected chi connectivity index (χ1v) is 10.9. The zero-order valence-corrected chi connectivity index (χ0v) is 18.4. The Hall–Kier alpha value is -2.67. The molecule has 2 heterocycles. The van der Waals surface area contributed by atoms with Crippen molar-refractivity contribution in [2.24, 2.45) is 5.92 Å². The fourth-order valence-electron chi connectivity index (χ4n) is 4.89.